The summed E-state index contributed by atoms with van der Waals surface area (Å²) in [6.07, 6.45) is 6.42. The molecule has 2 N–H and O–H groups in total. The zero-order valence-corrected chi connectivity index (χ0v) is 22.4. The second-order valence-corrected chi connectivity index (χ2v) is 7.86. The van der Waals surface area contributed by atoms with E-state index in [1.54, 1.807) is 7.11 Å². The molecule has 0 bridgehead atoms. The average molecular weight is 568 g/mol. The molecule has 33 heavy (non-hydrogen) atoms. The first-order valence-corrected chi connectivity index (χ1v) is 11.7. The van der Waals surface area contributed by atoms with Gasteiger partial charge in [0.2, 0.25) is 0 Å². The van der Waals surface area contributed by atoms with Crippen LogP contribution in [0.1, 0.15) is 44.2 Å². The molecule has 3 rings (SSSR count). The molecule has 1 aliphatic rings. The number of nitrogens with one attached hydrogen (secondary N) is 2. The number of aliphatic imine (C=N–C) groups is 1. The van der Waals surface area contributed by atoms with Gasteiger partial charge in [-0.3, -0.25) is 0 Å². The predicted molar refractivity (Wildman–Crippen MR) is 146 cm³/mol. The Morgan fingerprint density at radius 3 is 2.52 bits per heavy atom. The molecule has 0 spiro atoms. The Labute approximate surface area is 215 Å². The van der Waals surface area contributed by atoms with Gasteiger partial charge in [0.25, 0.3) is 0 Å². The SMILES string of the molecule is CCNC(=NCc1ccc(N2CCCC2)nc1)NCCCc1ccc(OC)c(OCC)c1.I. The minimum absolute atomic E-state index is 0. The van der Waals surface area contributed by atoms with E-state index in [9.17, 15) is 0 Å². The lowest BCUT2D eigenvalue weighted by molar-refractivity contribution is 0.310. The van der Waals surface area contributed by atoms with Gasteiger partial charge in [0.1, 0.15) is 5.82 Å². The van der Waals surface area contributed by atoms with E-state index in [1.165, 1.54) is 18.4 Å². The van der Waals surface area contributed by atoms with Crippen LogP contribution in [0.2, 0.25) is 0 Å². The molecule has 8 heteroatoms. The third-order valence-corrected chi connectivity index (χ3v) is 5.47. The molecule has 0 amide bonds. The van der Waals surface area contributed by atoms with Gasteiger partial charge in [-0.05, 0) is 68.9 Å². The second kappa shape index (κ2) is 14.8. The van der Waals surface area contributed by atoms with E-state index in [4.69, 9.17) is 14.5 Å². The number of guanidine groups is 1. The highest BCUT2D eigenvalue weighted by Crippen LogP contribution is 2.28. The molecule has 7 nitrogen and oxygen atoms in total. The van der Waals surface area contributed by atoms with Crippen LogP contribution in [0.5, 0.6) is 11.5 Å². The van der Waals surface area contributed by atoms with Crippen LogP contribution in [-0.4, -0.2) is 50.8 Å². The van der Waals surface area contributed by atoms with E-state index in [2.05, 4.69) is 51.7 Å². The normalized spacial score (nSPS) is 13.4. The van der Waals surface area contributed by atoms with E-state index >= 15 is 0 Å². The molecule has 2 aromatic rings. The zero-order valence-electron chi connectivity index (χ0n) is 20.1. The van der Waals surface area contributed by atoms with E-state index in [0.29, 0.717) is 13.2 Å². The lowest BCUT2D eigenvalue weighted by Gasteiger charge is -2.16. The Kier molecular flexibility index (Phi) is 12.1. The van der Waals surface area contributed by atoms with Gasteiger partial charge in [-0.1, -0.05) is 12.1 Å². The van der Waals surface area contributed by atoms with E-state index in [0.717, 1.165) is 67.9 Å². The Morgan fingerprint density at radius 1 is 1.06 bits per heavy atom. The number of pyridine rings is 1. The lowest BCUT2D eigenvalue weighted by atomic mass is 10.1. The van der Waals surface area contributed by atoms with Gasteiger partial charge in [0, 0.05) is 32.4 Å². The monoisotopic (exact) mass is 567 g/mol. The Balaban J connectivity index is 0.00000385. The summed E-state index contributed by atoms with van der Waals surface area (Å²) in [6, 6.07) is 10.4. The molecule has 1 saturated heterocycles. The number of hydrogen-bond acceptors (Lipinski definition) is 5. The smallest absolute Gasteiger partial charge is 0.191 e. The number of rotatable bonds is 11. The maximum Gasteiger partial charge on any atom is 0.191 e. The molecule has 182 valence electrons. The van der Waals surface area contributed by atoms with Crippen molar-refractivity contribution in [3.63, 3.8) is 0 Å². The molecule has 0 saturated carbocycles. The van der Waals surface area contributed by atoms with Crippen LogP contribution < -0.4 is 25.0 Å². The van der Waals surface area contributed by atoms with Crippen LogP contribution in [-0.2, 0) is 13.0 Å². The molecule has 0 atom stereocenters. The number of aryl methyl sites for hydroxylation is 1. The third-order valence-electron chi connectivity index (χ3n) is 5.47. The number of methoxy groups -OCH3 is 1. The van der Waals surface area contributed by atoms with Gasteiger partial charge in [-0.25, -0.2) is 9.98 Å². The van der Waals surface area contributed by atoms with E-state index in [-0.39, 0.29) is 24.0 Å². The van der Waals surface area contributed by atoms with E-state index < -0.39 is 0 Å². The van der Waals surface area contributed by atoms with Crippen LogP contribution in [0.25, 0.3) is 0 Å². The summed E-state index contributed by atoms with van der Waals surface area (Å²) in [4.78, 5) is 11.7. The van der Waals surface area contributed by atoms with Crippen molar-refractivity contribution in [3.8, 4) is 11.5 Å². The van der Waals surface area contributed by atoms with Gasteiger partial charge < -0.3 is 25.0 Å². The highest BCUT2D eigenvalue weighted by Gasteiger charge is 2.13. The van der Waals surface area contributed by atoms with Crippen molar-refractivity contribution in [3.05, 3.63) is 47.7 Å². The fourth-order valence-corrected chi connectivity index (χ4v) is 3.80. The standard InChI is InChI=1S/C25H37N5O2.HI/c1-4-26-25(29-19-21-11-13-24(28-18-21)30-15-6-7-16-30)27-14-8-9-20-10-12-22(31-3)23(17-20)32-5-2;/h10-13,17-18H,4-9,14-16,19H2,1-3H3,(H2,26,27,29);1H. The summed E-state index contributed by atoms with van der Waals surface area (Å²) >= 11 is 0. The minimum Gasteiger partial charge on any atom is -0.493 e. The first-order valence-electron chi connectivity index (χ1n) is 11.7. The Morgan fingerprint density at radius 2 is 1.85 bits per heavy atom. The van der Waals surface area contributed by atoms with Crippen LogP contribution in [0.3, 0.4) is 0 Å². The maximum absolute atomic E-state index is 5.68. The van der Waals surface area contributed by atoms with Crippen LogP contribution >= 0.6 is 24.0 Å². The number of hydrogen-bond donors (Lipinski definition) is 2. The second-order valence-electron chi connectivity index (χ2n) is 7.86. The number of benzene rings is 1. The topological polar surface area (TPSA) is 71.0 Å². The molecular formula is C25H38IN5O2. The quantitative estimate of drug-likeness (QED) is 0.182. The molecular weight excluding hydrogens is 529 g/mol. The summed E-state index contributed by atoms with van der Waals surface area (Å²) in [5.74, 6) is 3.49. The number of ether oxygens (including phenoxy) is 2. The highest BCUT2D eigenvalue weighted by molar-refractivity contribution is 14.0. The first kappa shape index (κ1) is 27.0. The molecule has 2 heterocycles. The van der Waals surface area contributed by atoms with Crippen molar-refractivity contribution in [1.29, 1.82) is 0 Å². The van der Waals surface area contributed by atoms with Crippen LogP contribution in [0.4, 0.5) is 5.82 Å². The Hall–Kier alpha value is -2.23. The van der Waals surface area contributed by atoms with Gasteiger partial charge in [0.05, 0.1) is 20.3 Å². The van der Waals surface area contributed by atoms with Gasteiger partial charge in [-0.2, -0.15) is 0 Å². The predicted octanol–water partition coefficient (Wildman–Crippen LogP) is 4.40. The summed E-state index contributed by atoms with van der Waals surface area (Å²) < 4.78 is 11.0. The van der Waals surface area contributed by atoms with Crippen molar-refractivity contribution < 1.29 is 9.47 Å². The molecule has 0 aliphatic carbocycles. The van der Waals surface area contributed by atoms with Gasteiger partial charge in [0.15, 0.2) is 17.5 Å². The number of nitrogens with zero attached hydrogens (tertiary/aromatic N) is 3. The summed E-state index contributed by atoms with van der Waals surface area (Å²) in [7, 11) is 1.67. The number of aromatic nitrogens is 1. The van der Waals surface area contributed by atoms with Gasteiger partial charge in [-0.15, -0.1) is 24.0 Å². The van der Waals surface area contributed by atoms with Crippen molar-refractivity contribution in [1.82, 2.24) is 15.6 Å². The largest absolute Gasteiger partial charge is 0.493 e. The van der Waals surface area contributed by atoms with Crippen molar-refractivity contribution in [2.45, 2.75) is 46.1 Å². The highest BCUT2D eigenvalue weighted by atomic mass is 127. The lowest BCUT2D eigenvalue weighted by Crippen LogP contribution is -2.37. The maximum atomic E-state index is 5.68. The van der Waals surface area contributed by atoms with Crippen molar-refractivity contribution in [2.24, 2.45) is 4.99 Å². The molecule has 0 unspecified atom stereocenters. The molecule has 0 radical (unpaired) electrons. The van der Waals surface area contributed by atoms with Crippen LogP contribution in [0.15, 0.2) is 41.5 Å². The molecule has 1 aromatic carbocycles. The molecule has 1 aliphatic heterocycles. The fourth-order valence-electron chi connectivity index (χ4n) is 3.80. The Bertz CT molecular complexity index is 854. The molecule has 1 fully saturated rings. The fraction of sp³-hybridized carbons (Fsp3) is 0.520. The van der Waals surface area contributed by atoms with Crippen LogP contribution in [0, 0.1) is 0 Å². The first-order chi connectivity index (χ1) is 15.7. The van der Waals surface area contributed by atoms with Crippen molar-refractivity contribution >= 4 is 35.8 Å². The summed E-state index contributed by atoms with van der Waals surface area (Å²) in [6.45, 7) is 9.19. The summed E-state index contributed by atoms with van der Waals surface area (Å²) in [5.41, 5.74) is 2.36. The molecule has 1 aromatic heterocycles. The average Bonchev–Trinajstić information content (AvgIpc) is 3.36. The zero-order chi connectivity index (χ0) is 22.6. The number of anilines is 1. The summed E-state index contributed by atoms with van der Waals surface area (Å²) in [5, 5.41) is 6.76. The van der Waals surface area contributed by atoms with E-state index in [1.807, 2.05) is 19.2 Å². The minimum atomic E-state index is 0. The third kappa shape index (κ3) is 8.57. The van der Waals surface area contributed by atoms with Crippen molar-refractivity contribution in [2.75, 3.05) is 44.8 Å². The van der Waals surface area contributed by atoms with Gasteiger partial charge >= 0.3 is 0 Å². The number of halogens is 1.